The molecule has 0 aliphatic rings. The lowest BCUT2D eigenvalue weighted by atomic mass is 10.1. The number of anilines is 1. The molecule has 2 rings (SSSR count). The molecule has 136 valence electrons. The minimum atomic E-state index is -0.679. The zero-order valence-electron chi connectivity index (χ0n) is 14.7. The van der Waals surface area contributed by atoms with Crippen LogP contribution in [0.2, 0.25) is 0 Å². The molecule has 7 nitrogen and oxygen atoms in total. The summed E-state index contributed by atoms with van der Waals surface area (Å²) in [6, 6.07) is 11.4. The maximum absolute atomic E-state index is 12.2. The first-order chi connectivity index (χ1) is 12.5. The van der Waals surface area contributed by atoms with Crippen molar-refractivity contribution in [1.82, 2.24) is 0 Å². The van der Waals surface area contributed by atoms with Gasteiger partial charge in [0.1, 0.15) is 11.3 Å². The lowest BCUT2D eigenvalue weighted by Gasteiger charge is -2.11. The van der Waals surface area contributed by atoms with E-state index in [4.69, 9.17) is 9.47 Å². The van der Waals surface area contributed by atoms with E-state index in [9.17, 15) is 14.4 Å². The Morgan fingerprint density at radius 2 is 1.69 bits per heavy atom. The highest BCUT2D eigenvalue weighted by Crippen LogP contribution is 2.21. The molecule has 26 heavy (non-hydrogen) atoms. The first-order valence-corrected chi connectivity index (χ1v) is 7.75. The number of methoxy groups -OCH3 is 2. The Morgan fingerprint density at radius 3 is 2.38 bits per heavy atom. The van der Waals surface area contributed by atoms with Crippen molar-refractivity contribution in [3.05, 3.63) is 59.2 Å². The summed E-state index contributed by atoms with van der Waals surface area (Å²) in [5.41, 5.74) is 1.56. The van der Waals surface area contributed by atoms with Crippen LogP contribution in [-0.2, 0) is 14.3 Å². The second-order valence-corrected chi connectivity index (χ2v) is 5.37. The van der Waals surface area contributed by atoms with Crippen LogP contribution in [0.1, 0.15) is 26.3 Å². The number of ether oxygens (including phenoxy) is 3. The number of esters is 2. The molecule has 0 bridgehead atoms. The first kappa shape index (κ1) is 19.0. The molecule has 0 saturated carbocycles. The van der Waals surface area contributed by atoms with E-state index in [-0.39, 0.29) is 16.8 Å². The number of benzene rings is 2. The average Bonchev–Trinajstić information content (AvgIpc) is 2.65. The van der Waals surface area contributed by atoms with E-state index < -0.39 is 24.5 Å². The highest BCUT2D eigenvalue weighted by Gasteiger charge is 2.17. The quantitative estimate of drug-likeness (QED) is 0.799. The van der Waals surface area contributed by atoms with Crippen molar-refractivity contribution in [1.29, 1.82) is 0 Å². The SMILES string of the molecule is COC(=O)c1ccccc1NC(=O)COC(=O)c1cc(C)ccc1OC. The normalized spacial score (nSPS) is 9.96. The molecule has 0 radical (unpaired) electrons. The molecule has 0 spiro atoms. The number of carbonyl (C=O) groups is 3. The van der Waals surface area contributed by atoms with Gasteiger partial charge in [0.25, 0.3) is 5.91 Å². The van der Waals surface area contributed by atoms with Crippen LogP contribution >= 0.6 is 0 Å². The van der Waals surface area contributed by atoms with Crippen LogP contribution in [0.3, 0.4) is 0 Å². The van der Waals surface area contributed by atoms with Crippen LogP contribution in [0.5, 0.6) is 5.75 Å². The highest BCUT2D eigenvalue weighted by atomic mass is 16.5. The van der Waals surface area contributed by atoms with E-state index in [1.54, 1.807) is 36.4 Å². The van der Waals surface area contributed by atoms with E-state index in [1.807, 2.05) is 6.92 Å². The van der Waals surface area contributed by atoms with E-state index >= 15 is 0 Å². The van der Waals surface area contributed by atoms with Crippen molar-refractivity contribution in [2.24, 2.45) is 0 Å². The summed E-state index contributed by atoms with van der Waals surface area (Å²) >= 11 is 0. The minimum Gasteiger partial charge on any atom is -0.496 e. The second-order valence-electron chi connectivity index (χ2n) is 5.37. The first-order valence-electron chi connectivity index (χ1n) is 7.75. The number of nitrogens with one attached hydrogen (secondary N) is 1. The Labute approximate surface area is 150 Å². The summed E-state index contributed by atoms with van der Waals surface area (Å²) in [5, 5.41) is 2.52. The maximum atomic E-state index is 12.2. The summed E-state index contributed by atoms with van der Waals surface area (Å²) in [5.74, 6) is -1.48. The molecule has 2 aromatic carbocycles. The molecule has 7 heteroatoms. The Bertz CT molecular complexity index is 831. The lowest BCUT2D eigenvalue weighted by Crippen LogP contribution is -2.22. The van der Waals surface area contributed by atoms with Crippen LogP contribution in [-0.4, -0.2) is 38.7 Å². The third-order valence-electron chi connectivity index (χ3n) is 3.52. The zero-order chi connectivity index (χ0) is 19.1. The van der Waals surface area contributed by atoms with Gasteiger partial charge in [0, 0.05) is 0 Å². The fraction of sp³-hybridized carbons (Fsp3) is 0.211. The molecule has 0 unspecified atom stereocenters. The standard InChI is InChI=1S/C19H19NO6/c1-12-8-9-16(24-2)14(10-12)19(23)26-11-17(21)20-15-7-5-4-6-13(15)18(22)25-3/h4-10H,11H2,1-3H3,(H,20,21). The van der Waals surface area contributed by atoms with Crippen LogP contribution < -0.4 is 10.1 Å². The lowest BCUT2D eigenvalue weighted by molar-refractivity contribution is -0.119. The van der Waals surface area contributed by atoms with Crippen molar-refractivity contribution in [3.8, 4) is 5.75 Å². The average molecular weight is 357 g/mol. The van der Waals surface area contributed by atoms with Gasteiger partial charge in [0.2, 0.25) is 0 Å². The molecule has 1 N–H and O–H groups in total. The Morgan fingerprint density at radius 1 is 0.962 bits per heavy atom. The predicted octanol–water partition coefficient (Wildman–Crippen LogP) is 2.59. The molecule has 0 aliphatic heterocycles. The van der Waals surface area contributed by atoms with Gasteiger partial charge in [-0.15, -0.1) is 0 Å². The number of rotatable bonds is 6. The van der Waals surface area contributed by atoms with Crippen molar-refractivity contribution >= 4 is 23.5 Å². The van der Waals surface area contributed by atoms with Gasteiger partial charge in [-0.25, -0.2) is 9.59 Å². The third-order valence-corrected chi connectivity index (χ3v) is 3.52. The van der Waals surface area contributed by atoms with Crippen LogP contribution in [0.4, 0.5) is 5.69 Å². The van der Waals surface area contributed by atoms with Gasteiger partial charge in [0.05, 0.1) is 25.5 Å². The van der Waals surface area contributed by atoms with Gasteiger partial charge in [-0.3, -0.25) is 4.79 Å². The number of para-hydroxylation sites is 1. The van der Waals surface area contributed by atoms with E-state index in [0.29, 0.717) is 5.75 Å². The predicted molar refractivity (Wildman–Crippen MR) is 94.4 cm³/mol. The number of carbonyl (C=O) groups excluding carboxylic acids is 3. The largest absolute Gasteiger partial charge is 0.496 e. The van der Waals surface area contributed by atoms with Crippen LogP contribution in [0.15, 0.2) is 42.5 Å². The Hall–Kier alpha value is -3.35. The highest BCUT2D eigenvalue weighted by molar-refractivity contribution is 6.02. The summed E-state index contributed by atoms with van der Waals surface area (Å²) in [6.07, 6.45) is 0. The second kappa shape index (κ2) is 8.66. The van der Waals surface area contributed by atoms with Crippen LogP contribution in [0, 0.1) is 6.92 Å². The van der Waals surface area contributed by atoms with Crippen molar-refractivity contribution < 1.29 is 28.6 Å². The van der Waals surface area contributed by atoms with Gasteiger partial charge < -0.3 is 19.5 Å². The van der Waals surface area contributed by atoms with Gasteiger partial charge >= 0.3 is 11.9 Å². The Kier molecular flexibility index (Phi) is 6.32. The number of amides is 1. The number of hydrogen-bond acceptors (Lipinski definition) is 6. The van der Waals surface area contributed by atoms with E-state index in [0.717, 1.165) is 5.56 Å². The summed E-state index contributed by atoms with van der Waals surface area (Å²) in [6.45, 7) is 1.32. The number of aryl methyl sites for hydroxylation is 1. The van der Waals surface area contributed by atoms with Gasteiger partial charge in [-0.05, 0) is 31.2 Å². The minimum absolute atomic E-state index is 0.204. The fourth-order valence-electron chi connectivity index (χ4n) is 2.26. The Balaban J connectivity index is 2.03. The monoisotopic (exact) mass is 357 g/mol. The summed E-state index contributed by atoms with van der Waals surface area (Å²) in [4.78, 5) is 36.0. The van der Waals surface area contributed by atoms with Crippen molar-refractivity contribution in [2.75, 3.05) is 26.1 Å². The summed E-state index contributed by atoms with van der Waals surface area (Å²) < 4.78 is 14.8. The fourth-order valence-corrected chi connectivity index (χ4v) is 2.26. The van der Waals surface area contributed by atoms with Gasteiger partial charge in [0.15, 0.2) is 6.61 Å². The molecular weight excluding hydrogens is 338 g/mol. The third kappa shape index (κ3) is 4.60. The van der Waals surface area contributed by atoms with Gasteiger partial charge in [-0.1, -0.05) is 23.8 Å². The van der Waals surface area contributed by atoms with Crippen molar-refractivity contribution in [2.45, 2.75) is 6.92 Å². The van der Waals surface area contributed by atoms with E-state index in [1.165, 1.54) is 20.3 Å². The van der Waals surface area contributed by atoms with Crippen molar-refractivity contribution in [3.63, 3.8) is 0 Å². The molecule has 0 aromatic heterocycles. The topological polar surface area (TPSA) is 90.9 Å². The molecule has 1 amide bonds. The molecule has 0 aliphatic carbocycles. The summed E-state index contributed by atoms with van der Waals surface area (Å²) in [7, 11) is 2.69. The molecular formula is C19H19NO6. The molecule has 0 saturated heterocycles. The zero-order valence-corrected chi connectivity index (χ0v) is 14.7. The molecule has 0 heterocycles. The smallest absolute Gasteiger partial charge is 0.342 e. The molecule has 2 aromatic rings. The molecule has 0 atom stereocenters. The number of hydrogen-bond donors (Lipinski definition) is 1. The molecule has 0 fully saturated rings. The van der Waals surface area contributed by atoms with Crippen LogP contribution in [0.25, 0.3) is 0 Å². The van der Waals surface area contributed by atoms with E-state index in [2.05, 4.69) is 10.1 Å². The maximum Gasteiger partial charge on any atom is 0.342 e. The van der Waals surface area contributed by atoms with Gasteiger partial charge in [-0.2, -0.15) is 0 Å².